The quantitative estimate of drug-likeness (QED) is 0.488. The van der Waals surface area contributed by atoms with Crippen molar-refractivity contribution in [3.8, 4) is 0 Å². The minimum absolute atomic E-state index is 0.206. The van der Waals surface area contributed by atoms with E-state index in [1.165, 1.54) is 0 Å². The summed E-state index contributed by atoms with van der Waals surface area (Å²) < 4.78 is 22.1. The van der Waals surface area contributed by atoms with Gasteiger partial charge in [0.05, 0.1) is 13.2 Å². The molecule has 98 valence electrons. The SMILES string of the molecule is CCCOC(CCC)(OCCC)P(=O)(O)O. The molecule has 5 nitrogen and oxygen atoms in total. The van der Waals surface area contributed by atoms with Gasteiger partial charge < -0.3 is 19.3 Å². The van der Waals surface area contributed by atoms with Crippen molar-refractivity contribution in [3.05, 3.63) is 0 Å². The van der Waals surface area contributed by atoms with Crippen LogP contribution < -0.4 is 0 Å². The van der Waals surface area contributed by atoms with Crippen molar-refractivity contribution in [1.82, 2.24) is 0 Å². The molecule has 0 unspecified atom stereocenters. The summed E-state index contributed by atoms with van der Waals surface area (Å²) in [7, 11) is -4.43. The van der Waals surface area contributed by atoms with Gasteiger partial charge in [-0.1, -0.05) is 27.2 Å². The van der Waals surface area contributed by atoms with Crippen molar-refractivity contribution < 1.29 is 23.8 Å². The van der Waals surface area contributed by atoms with Crippen molar-refractivity contribution >= 4 is 7.60 Å². The Hall–Kier alpha value is 0.0700. The average Bonchev–Trinajstić information content (AvgIpc) is 2.20. The van der Waals surface area contributed by atoms with Crippen LogP contribution in [-0.4, -0.2) is 28.5 Å². The normalized spacial score (nSPS) is 13.1. The van der Waals surface area contributed by atoms with Gasteiger partial charge in [0, 0.05) is 6.42 Å². The first-order valence-corrected chi connectivity index (χ1v) is 7.38. The van der Waals surface area contributed by atoms with Crippen LogP contribution in [0.15, 0.2) is 0 Å². The topological polar surface area (TPSA) is 76.0 Å². The molecule has 0 aromatic rings. The van der Waals surface area contributed by atoms with Gasteiger partial charge in [-0.2, -0.15) is 0 Å². The molecule has 0 rings (SSSR count). The monoisotopic (exact) mass is 254 g/mol. The van der Waals surface area contributed by atoms with Crippen LogP contribution in [0.4, 0.5) is 0 Å². The van der Waals surface area contributed by atoms with E-state index in [-0.39, 0.29) is 19.6 Å². The Labute approximate surface area is 97.3 Å². The summed E-state index contributed by atoms with van der Waals surface area (Å²) in [6, 6.07) is 0. The second-order valence-electron chi connectivity index (χ2n) is 3.70. The minimum Gasteiger partial charge on any atom is -0.340 e. The van der Waals surface area contributed by atoms with Crippen molar-refractivity contribution in [2.75, 3.05) is 13.2 Å². The number of hydrogen-bond donors (Lipinski definition) is 2. The highest BCUT2D eigenvalue weighted by Crippen LogP contribution is 2.54. The second-order valence-corrected chi connectivity index (χ2v) is 5.47. The van der Waals surface area contributed by atoms with E-state index in [2.05, 4.69) is 0 Å². The Kier molecular flexibility index (Phi) is 7.44. The summed E-state index contributed by atoms with van der Waals surface area (Å²) in [5, 5.41) is 0. The largest absolute Gasteiger partial charge is 0.384 e. The lowest BCUT2D eigenvalue weighted by Gasteiger charge is -2.33. The highest BCUT2D eigenvalue weighted by atomic mass is 31.2. The molecule has 0 spiro atoms. The van der Waals surface area contributed by atoms with E-state index in [1.807, 2.05) is 20.8 Å². The third-order valence-corrected chi connectivity index (χ3v) is 3.44. The van der Waals surface area contributed by atoms with E-state index in [1.54, 1.807) is 0 Å². The van der Waals surface area contributed by atoms with Crippen LogP contribution in [0.3, 0.4) is 0 Å². The first-order chi connectivity index (χ1) is 7.43. The van der Waals surface area contributed by atoms with Gasteiger partial charge in [0.15, 0.2) is 0 Å². The average molecular weight is 254 g/mol. The van der Waals surface area contributed by atoms with E-state index in [9.17, 15) is 14.4 Å². The Morgan fingerprint density at radius 1 is 1.00 bits per heavy atom. The Morgan fingerprint density at radius 2 is 1.44 bits per heavy atom. The first kappa shape index (κ1) is 16.1. The Bertz CT molecular complexity index is 217. The minimum atomic E-state index is -4.43. The molecule has 16 heavy (non-hydrogen) atoms. The molecule has 0 fully saturated rings. The zero-order valence-corrected chi connectivity index (χ0v) is 11.2. The van der Waals surface area contributed by atoms with E-state index >= 15 is 0 Å². The molecule has 0 aromatic heterocycles. The van der Waals surface area contributed by atoms with Gasteiger partial charge in [-0.15, -0.1) is 0 Å². The third-order valence-electron chi connectivity index (χ3n) is 2.07. The summed E-state index contributed by atoms with van der Waals surface area (Å²) >= 11 is 0. The number of hydrogen-bond acceptors (Lipinski definition) is 3. The van der Waals surface area contributed by atoms with Crippen molar-refractivity contribution in [2.24, 2.45) is 0 Å². The first-order valence-electron chi connectivity index (χ1n) is 5.77. The number of rotatable bonds is 9. The highest BCUT2D eigenvalue weighted by Gasteiger charge is 2.48. The molecule has 0 bridgehead atoms. The molecule has 2 N–H and O–H groups in total. The van der Waals surface area contributed by atoms with Crippen LogP contribution in [-0.2, 0) is 14.0 Å². The van der Waals surface area contributed by atoms with Crippen LogP contribution in [0.5, 0.6) is 0 Å². The molecular formula is C10H23O5P. The zero-order chi connectivity index (χ0) is 12.7. The Morgan fingerprint density at radius 3 is 1.69 bits per heavy atom. The van der Waals surface area contributed by atoms with Gasteiger partial charge >= 0.3 is 7.60 Å². The second kappa shape index (κ2) is 7.41. The van der Waals surface area contributed by atoms with E-state index in [4.69, 9.17) is 9.47 Å². The molecule has 0 amide bonds. The van der Waals surface area contributed by atoms with Gasteiger partial charge in [-0.05, 0) is 12.8 Å². The summed E-state index contributed by atoms with van der Waals surface area (Å²) in [6.07, 6.45) is 2.19. The van der Waals surface area contributed by atoms with E-state index in [0.717, 1.165) is 0 Å². The molecule has 0 aliphatic heterocycles. The molecule has 0 aliphatic carbocycles. The molecule has 6 heteroatoms. The summed E-state index contributed by atoms with van der Waals surface area (Å²) in [5.74, 6) is 0. The van der Waals surface area contributed by atoms with Crippen LogP contribution in [0, 0.1) is 0 Å². The molecule has 0 saturated carbocycles. The Balaban J connectivity index is 4.81. The number of ether oxygens (including phenoxy) is 2. The standard InChI is InChI=1S/C10H23O5P/c1-4-7-10(14-8-5-2,15-9-6-3)16(11,12)13/h4-9H2,1-3H3,(H2,11,12,13). The summed E-state index contributed by atoms with van der Waals surface area (Å²) in [4.78, 5) is 18.7. The lowest BCUT2D eigenvalue weighted by molar-refractivity contribution is -0.194. The lowest BCUT2D eigenvalue weighted by atomic mass is 10.3. The van der Waals surface area contributed by atoms with Crippen molar-refractivity contribution in [2.45, 2.75) is 52.0 Å². The fourth-order valence-corrected chi connectivity index (χ4v) is 2.37. The molecule has 0 atom stereocenters. The molecule has 0 saturated heterocycles. The lowest BCUT2D eigenvalue weighted by Crippen LogP contribution is -2.36. The van der Waals surface area contributed by atoms with Gasteiger partial charge in [-0.25, -0.2) is 0 Å². The van der Waals surface area contributed by atoms with Gasteiger partial charge in [-0.3, -0.25) is 4.57 Å². The molecule has 0 radical (unpaired) electrons. The third kappa shape index (κ3) is 4.52. The van der Waals surface area contributed by atoms with Crippen LogP contribution >= 0.6 is 7.60 Å². The zero-order valence-electron chi connectivity index (χ0n) is 10.3. The maximum atomic E-state index is 11.5. The predicted molar refractivity (Wildman–Crippen MR) is 62.2 cm³/mol. The molecule has 0 heterocycles. The molecule has 0 aliphatic rings. The van der Waals surface area contributed by atoms with Crippen LogP contribution in [0.1, 0.15) is 46.5 Å². The fraction of sp³-hybridized carbons (Fsp3) is 1.00. The van der Waals surface area contributed by atoms with Crippen molar-refractivity contribution in [1.29, 1.82) is 0 Å². The summed E-state index contributed by atoms with van der Waals surface area (Å²) in [5.41, 5.74) is -1.74. The maximum Gasteiger partial charge on any atom is 0.384 e. The van der Waals surface area contributed by atoms with Gasteiger partial charge in [0.2, 0.25) is 0 Å². The van der Waals surface area contributed by atoms with Gasteiger partial charge in [0.25, 0.3) is 5.53 Å². The van der Waals surface area contributed by atoms with Gasteiger partial charge in [0.1, 0.15) is 0 Å². The van der Waals surface area contributed by atoms with E-state index in [0.29, 0.717) is 19.3 Å². The van der Waals surface area contributed by atoms with E-state index < -0.39 is 13.1 Å². The molecule has 0 aromatic carbocycles. The van der Waals surface area contributed by atoms with Crippen LogP contribution in [0.25, 0.3) is 0 Å². The predicted octanol–water partition coefficient (Wildman–Crippen LogP) is 2.47. The van der Waals surface area contributed by atoms with Crippen molar-refractivity contribution in [3.63, 3.8) is 0 Å². The summed E-state index contributed by atoms with van der Waals surface area (Å²) in [6.45, 7) is 6.19. The smallest absolute Gasteiger partial charge is 0.340 e. The van der Waals surface area contributed by atoms with Crippen LogP contribution in [0.2, 0.25) is 0 Å². The maximum absolute atomic E-state index is 11.5. The molecular weight excluding hydrogens is 231 g/mol. The highest BCUT2D eigenvalue weighted by molar-refractivity contribution is 7.53. The fourth-order valence-electron chi connectivity index (χ4n) is 1.34.